The number of aliphatic hydroxyl groups excluding tert-OH is 1. The van der Waals surface area contributed by atoms with Gasteiger partial charge in [-0.25, -0.2) is 4.39 Å². The van der Waals surface area contributed by atoms with Crippen molar-refractivity contribution in [2.24, 2.45) is 5.92 Å². The van der Waals surface area contributed by atoms with Crippen LogP contribution in [0, 0.1) is 17.1 Å². The number of nitrogens with one attached hydrogen (secondary N) is 2. The number of methoxy groups -OCH3 is 1. The summed E-state index contributed by atoms with van der Waals surface area (Å²) < 4.78 is 25.7. The fraction of sp³-hybridized carbons (Fsp3) is 0.360. The molecule has 2 aromatic rings. The van der Waals surface area contributed by atoms with E-state index in [1.54, 1.807) is 19.1 Å². The smallest absolute Gasteiger partial charge is 0.295 e. The molecule has 186 valence electrons. The summed E-state index contributed by atoms with van der Waals surface area (Å²) in [5.74, 6) is -0.568. The van der Waals surface area contributed by atoms with E-state index in [9.17, 15) is 14.3 Å². The Bertz CT molecular complexity index is 1140. The van der Waals surface area contributed by atoms with E-state index in [1.165, 1.54) is 25.3 Å². The average Bonchev–Trinajstić information content (AvgIpc) is 3.30. The van der Waals surface area contributed by atoms with Gasteiger partial charge >= 0.3 is 0 Å². The van der Waals surface area contributed by atoms with Crippen LogP contribution in [0.5, 0.6) is 10.9 Å². The molecule has 0 saturated heterocycles. The molecule has 0 atom stereocenters. The highest BCUT2D eigenvalue weighted by Gasteiger charge is 2.23. The number of rotatable bonds is 10. The Hall–Kier alpha value is -3.37. The number of carbonyl (C=O) groups excluding carboxylic acids is 1. The molecule has 1 aromatic heterocycles. The third-order valence-corrected chi connectivity index (χ3v) is 6.44. The first-order valence-electron chi connectivity index (χ1n) is 11.2. The second-order valence-electron chi connectivity index (χ2n) is 8.24. The number of nitrogens with zero attached hydrogens (tertiary/aromatic N) is 2. The lowest BCUT2D eigenvalue weighted by Crippen LogP contribution is -2.22. The van der Waals surface area contributed by atoms with Crippen molar-refractivity contribution in [1.82, 2.24) is 10.2 Å². The third kappa shape index (κ3) is 7.06. The molecule has 0 unspecified atom stereocenters. The van der Waals surface area contributed by atoms with E-state index in [1.807, 2.05) is 0 Å². The molecule has 0 spiro atoms. The van der Waals surface area contributed by atoms with Gasteiger partial charge in [-0.05, 0) is 79.2 Å². The second kappa shape index (κ2) is 12.4. The molecule has 1 fully saturated rings. The van der Waals surface area contributed by atoms with Gasteiger partial charge in [0.05, 0.1) is 25.4 Å². The summed E-state index contributed by atoms with van der Waals surface area (Å²) in [6.45, 7) is 6.11. The Kier molecular flexibility index (Phi) is 9.27. The summed E-state index contributed by atoms with van der Waals surface area (Å²) in [7, 11) is 1.41. The normalized spacial score (nSPS) is 18.6. The second-order valence-corrected chi connectivity index (χ2v) is 9.18. The van der Waals surface area contributed by atoms with Gasteiger partial charge in [-0.3, -0.25) is 10.1 Å². The molecule has 0 bridgehead atoms. The summed E-state index contributed by atoms with van der Waals surface area (Å²) >= 11 is 1.08. The van der Waals surface area contributed by atoms with E-state index in [-0.39, 0.29) is 33.7 Å². The molecule has 10 heteroatoms. The van der Waals surface area contributed by atoms with E-state index in [4.69, 9.17) is 14.9 Å². The maximum absolute atomic E-state index is 14.7. The molecule has 35 heavy (non-hydrogen) atoms. The van der Waals surface area contributed by atoms with E-state index in [0.29, 0.717) is 23.3 Å². The van der Waals surface area contributed by atoms with Crippen molar-refractivity contribution in [3.63, 3.8) is 0 Å². The minimum atomic E-state index is -0.581. The van der Waals surface area contributed by atoms with Crippen molar-refractivity contribution in [3.8, 4) is 10.9 Å². The highest BCUT2D eigenvalue weighted by molar-refractivity contribution is 7.17. The molecule has 1 aliphatic rings. The van der Waals surface area contributed by atoms with Gasteiger partial charge < -0.3 is 20.0 Å². The molecule has 3 N–H and O–H groups in total. The van der Waals surface area contributed by atoms with Gasteiger partial charge in [-0.2, -0.15) is 0 Å². The third-order valence-electron chi connectivity index (χ3n) is 5.69. The number of aliphatic hydroxyl groups is 1. The molecule has 8 nitrogen and oxygen atoms in total. The van der Waals surface area contributed by atoms with Crippen molar-refractivity contribution in [2.45, 2.75) is 38.7 Å². The maximum atomic E-state index is 14.7. The number of ether oxygens (including phenoxy) is 2. The largest absolute Gasteiger partial charge is 0.496 e. The fourth-order valence-corrected chi connectivity index (χ4v) is 4.26. The van der Waals surface area contributed by atoms with Crippen LogP contribution in [-0.4, -0.2) is 47.2 Å². The number of hydrogen-bond donors (Lipinski definition) is 3. The summed E-state index contributed by atoms with van der Waals surface area (Å²) in [6.07, 6.45) is 7.26. The number of allylic oxidation sites excluding steroid dienone is 3. The molecule has 1 heterocycles. The van der Waals surface area contributed by atoms with E-state index in [0.717, 1.165) is 43.2 Å². The van der Waals surface area contributed by atoms with Crippen molar-refractivity contribution < 1.29 is 23.8 Å². The highest BCUT2D eigenvalue weighted by atomic mass is 32.1. The Morgan fingerprint density at radius 1 is 1.31 bits per heavy atom. The van der Waals surface area contributed by atoms with Crippen molar-refractivity contribution in [3.05, 3.63) is 59.5 Å². The van der Waals surface area contributed by atoms with Gasteiger partial charge in [-0.15, -0.1) is 5.10 Å². The number of hydrogen-bond acceptors (Lipinski definition) is 8. The lowest BCUT2D eigenvalue weighted by molar-refractivity contribution is -0.112. The predicted molar refractivity (Wildman–Crippen MR) is 135 cm³/mol. The zero-order chi connectivity index (χ0) is 25.4. The molecule has 1 aliphatic carbocycles. The van der Waals surface area contributed by atoms with Crippen LogP contribution in [0.4, 0.5) is 9.52 Å². The first kappa shape index (κ1) is 26.2. The van der Waals surface area contributed by atoms with Gasteiger partial charge in [0.15, 0.2) is 0 Å². The average molecular weight is 501 g/mol. The highest BCUT2D eigenvalue weighted by Crippen LogP contribution is 2.33. The first-order chi connectivity index (χ1) is 16.8. The van der Waals surface area contributed by atoms with E-state index < -0.39 is 11.7 Å². The molecular weight excluding hydrogens is 471 g/mol. The molecule has 1 saturated carbocycles. The summed E-state index contributed by atoms with van der Waals surface area (Å²) in [5, 5.41) is 28.2. The van der Waals surface area contributed by atoms with Gasteiger partial charge in [-0.1, -0.05) is 23.8 Å². The number of halogens is 1. The Morgan fingerprint density at radius 2 is 2.06 bits per heavy atom. The minimum Gasteiger partial charge on any atom is -0.496 e. The Balaban J connectivity index is 1.76. The maximum Gasteiger partial charge on any atom is 0.295 e. The zero-order valence-electron chi connectivity index (χ0n) is 19.7. The molecule has 0 radical (unpaired) electrons. The van der Waals surface area contributed by atoms with E-state index in [2.05, 4.69) is 22.1 Å². The zero-order valence-corrected chi connectivity index (χ0v) is 20.5. The van der Waals surface area contributed by atoms with Crippen LogP contribution in [-0.2, 0) is 4.79 Å². The molecule has 1 amide bonds. The van der Waals surface area contributed by atoms with Crippen molar-refractivity contribution >= 4 is 34.2 Å². The van der Waals surface area contributed by atoms with Crippen LogP contribution in [0.3, 0.4) is 0 Å². The van der Waals surface area contributed by atoms with Crippen molar-refractivity contribution in [2.75, 3.05) is 19.0 Å². The van der Waals surface area contributed by atoms with Crippen LogP contribution >= 0.6 is 11.3 Å². The lowest BCUT2D eigenvalue weighted by atomic mass is 9.88. The van der Waals surface area contributed by atoms with Gasteiger partial charge in [0, 0.05) is 11.8 Å². The minimum absolute atomic E-state index is 0.0659. The Morgan fingerprint density at radius 3 is 2.74 bits per heavy atom. The van der Waals surface area contributed by atoms with Gasteiger partial charge in [0.1, 0.15) is 11.6 Å². The van der Waals surface area contributed by atoms with Crippen molar-refractivity contribution in [1.29, 1.82) is 5.41 Å². The van der Waals surface area contributed by atoms with Gasteiger partial charge in [0.25, 0.3) is 11.1 Å². The topological polar surface area (TPSA) is 117 Å². The number of amides is 1. The van der Waals surface area contributed by atoms with Crippen LogP contribution in [0.2, 0.25) is 0 Å². The first-order valence-corrected chi connectivity index (χ1v) is 12.0. The lowest BCUT2D eigenvalue weighted by Gasteiger charge is -2.24. The monoisotopic (exact) mass is 500 g/mol. The van der Waals surface area contributed by atoms with Crippen LogP contribution in [0.1, 0.15) is 38.2 Å². The van der Waals surface area contributed by atoms with Crippen LogP contribution < -0.4 is 14.8 Å². The fourth-order valence-electron chi connectivity index (χ4n) is 3.66. The SMILES string of the molecule is C=C(/C(=C\C=C(/C)C=N)C(=O)Nc1nnc(OCC2CCC(O)CC2)s1)c1c(F)cccc1OC. The van der Waals surface area contributed by atoms with Gasteiger partial charge in [0.2, 0.25) is 5.13 Å². The number of aromatic nitrogens is 2. The quantitative estimate of drug-likeness (QED) is 0.245. The number of carbonyl (C=O) groups is 1. The summed E-state index contributed by atoms with van der Waals surface area (Å²) in [4.78, 5) is 13.2. The number of benzene rings is 1. The standard InChI is InChI=1S/C25H29FN4O4S/c1-15(13-27)7-12-19(16(2)22-20(26)5-4-6-21(22)33-3)23(32)28-24-29-30-25(35-24)34-14-17-8-10-18(31)11-9-17/h4-7,12-13,17-18,27,31H,2,8-11,14H2,1,3H3,(H,28,29,32)/b15-7+,19-12+,27-13?. The van der Waals surface area contributed by atoms with Crippen LogP contribution in [0.25, 0.3) is 5.57 Å². The Labute approximate surface area is 207 Å². The summed E-state index contributed by atoms with van der Waals surface area (Å²) in [6, 6.07) is 4.35. The molecule has 1 aromatic carbocycles. The predicted octanol–water partition coefficient (Wildman–Crippen LogP) is 4.79. The summed E-state index contributed by atoms with van der Waals surface area (Å²) in [5.41, 5.74) is 0.849. The number of anilines is 1. The molecular formula is C25H29FN4O4S. The van der Waals surface area contributed by atoms with E-state index >= 15 is 0 Å². The molecule has 3 rings (SSSR count). The molecule has 0 aliphatic heterocycles. The van der Waals surface area contributed by atoms with Crippen LogP contribution in [0.15, 0.2) is 48.1 Å².